The minimum absolute atomic E-state index is 0.198. The lowest BCUT2D eigenvalue weighted by Crippen LogP contribution is -2.51. The molecule has 30 heavy (non-hydrogen) atoms. The molecule has 3 heteroatoms. The Morgan fingerprint density at radius 3 is 2.53 bits per heavy atom. The summed E-state index contributed by atoms with van der Waals surface area (Å²) in [6, 6.07) is 0. The number of ketones is 1. The molecular formula is C27H43NO2. The van der Waals surface area contributed by atoms with Gasteiger partial charge in [0.05, 0.1) is 12.1 Å². The Kier molecular flexibility index (Phi) is 5.98. The molecule has 0 aromatic carbocycles. The Balaban J connectivity index is 1.45. The number of Topliss-reactive ketones (excluding diaryl/α,β-unsaturated/α-hetero) is 1. The number of likely N-dealkylation sites (N-methyl/N-ethyl adjacent to an activating group) is 1. The van der Waals surface area contributed by atoms with Crippen molar-refractivity contribution in [2.24, 2.45) is 40.9 Å². The third-order valence-corrected chi connectivity index (χ3v) is 9.78. The van der Waals surface area contributed by atoms with Crippen molar-refractivity contribution < 1.29 is 9.90 Å². The summed E-state index contributed by atoms with van der Waals surface area (Å²) in [5.74, 6) is 4.60. The van der Waals surface area contributed by atoms with Gasteiger partial charge in [0.2, 0.25) is 0 Å². The summed E-state index contributed by atoms with van der Waals surface area (Å²) in [5.41, 5.74) is 0.861. The Bertz CT molecular complexity index is 710. The van der Waals surface area contributed by atoms with Crippen LogP contribution in [0.25, 0.3) is 0 Å². The van der Waals surface area contributed by atoms with E-state index in [1.807, 2.05) is 38.1 Å². The van der Waals surface area contributed by atoms with Crippen LogP contribution in [0.2, 0.25) is 0 Å². The van der Waals surface area contributed by atoms with E-state index < -0.39 is 5.60 Å². The van der Waals surface area contributed by atoms with E-state index in [1.165, 1.54) is 38.5 Å². The van der Waals surface area contributed by atoms with Crippen LogP contribution in [0.3, 0.4) is 0 Å². The summed E-state index contributed by atoms with van der Waals surface area (Å²) in [6.07, 6.45) is 14.6. The molecule has 0 aliphatic heterocycles. The lowest BCUT2D eigenvalue weighted by molar-refractivity contribution is -0.132. The van der Waals surface area contributed by atoms with Crippen LogP contribution in [0.4, 0.5) is 0 Å². The topological polar surface area (TPSA) is 40.5 Å². The second-order valence-electron chi connectivity index (χ2n) is 11.8. The molecule has 3 unspecified atom stereocenters. The second kappa shape index (κ2) is 8.11. The molecule has 0 aromatic heterocycles. The van der Waals surface area contributed by atoms with E-state index in [2.05, 4.69) is 13.5 Å². The number of carbonyl (C=O) groups is 1. The average molecular weight is 414 g/mol. The van der Waals surface area contributed by atoms with Gasteiger partial charge in [-0.2, -0.15) is 0 Å². The molecule has 0 bridgehead atoms. The number of fused-ring (bicyclic) bond motifs is 5. The predicted molar refractivity (Wildman–Crippen MR) is 123 cm³/mol. The Labute approximate surface area is 184 Å². The standard InChI is InChI=1S/C27H43NO2/c1-6-18(2)16-28(5)17-25(29)24-10-9-23-22-8-7-19-15-26(3,30)13-11-20(19)21(22)12-14-27(23,24)4/h6,16,19-24,30H,1,7-15,17H2,2-5H3/b18-16-/t19?,20?,21-,22-,23+,24-,26-,27?/m1/s1. The largest absolute Gasteiger partial charge is 0.390 e. The fourth-order valence-corrected chi connectivity index (χ4v) is 8.41. The fourth-order valence-electron chi connectivity index (χ4n) is 8.41. The van der Waals surface area contributed by atoms with Gasteiger partial charge in [-0.1, -0.05) is 19.6 Å². The predicted octanol–water partition coefficient (Wildman–Crippen LogP) is 5.60. The first kappa shape index (κ1) is 22.1. The third-order valence-electron chi connectivity index (χ3n) is 9.78. The van der Waals surface area contributed by atoms with Gasteiger partial charge in [-0.3, -0.25) is 4.79 Å². The summed E-state index contributed by atoms with van der Waals surface area (Å²) >= 11 is 0. The number of nitrogens with zero attached hydrogens (tertiary/aromatic N) is 1. The number of hydrogen-bond acceptors (Lipinski definition) is 3. The van der Waals surface area contributed by atoms with E-state index in [0.29, 0.717) is 12.3 Å². The SMILES string of the molecule is C=C/C(C)=C\N(C)CC(=O)[C@H]1CC[C@H]2[C@@H]3CCC4C[C@](C)(O)CCC4[C@H]3CCC12C. The smallest absolute Gasteiger partial charge is 0.155 e. The first-order chi connectivity index (χ1) is 14.1. The van der Waals surface area contributed by atoms with Crippen LogP contribution >= 0.6 is 0 Å². The van der Waals surface area contributed by atoms with Gasteiger partial charge in [0.25, 0.3) is 0 Å². The monoisotopic (exact) mass is 413 g/mol. The van der Waals surface area contributed by atoms with Gasteiger partial charge >= 0.3 is 0 Å². The summed E-state index contributed by atoms with van der Waals surface area (Å²) in [7, 11) is 2.01. The number of allylic oxidation sites excluding steroid dienone is 2. The minimum atomic E-state index is -0.438. The molecule has 8 atom stereocenters. The molecule has 0 spiro atoms. The van der Waals surface area contributed by atoms with Crippen molar-refractivity contribution in [3.05, 3.63) is 24.4 Å². The molecule has 0 radical (unpaired) electrons. The van der Waals surface area contributed by atoms with E-state index in [9.17, 15) is 9.90 Å². The molecule has 4 saturated carbocycles. The van der Waals surface area contributed by atoms with Crippen LogP contribution in [-0.4, -0.2) is 35.0 Å². The van der Waals surface area contributed by atoms with E-state index in [0.717, 1.165) is 54.4 Å². The van der Waals surface area contributed by atoms with Crippen molar-refractivity contribution in [3.8, 4) is 0 Å². The van der Waals surface area contributed by atoms with Crippen molar-refractivity contribution in [2.45, 2.75) is 84.2 Å². The molecule has 4 rings (SSSR count). The molecule has 1 N–H and O–H groups in total. The van der Waals surface area contributed by atoms with E-state index in [-0.39, 0.29) is 11.3 Å². The van der Waals surface area contributed by atoms with Crippen LogP contribution in [0, 0.1) is 40.9 Å². The van der Waals surface area contributed by atoms with E-state index in [4.69, 9.17) is 0 Å². The molecule has 0 heterocycles. The van der Waals surface area contributed by atoms with Gasteiger partial charge in [-0.25, -0.2) is 0 Å². The maximum atomic E-state index is 13.3. The highest BCUT2D eigenvalue weighted by Gasteiger charge is 2.58. The molecule has 168 valence electrons. The second-order valence-corrected chi connectivity index (χ2v) is 11.8. The van der Waals surface area contributed by atoms with Crippen LogP contribution < -0.4 is 0 Å². The Morgan fingerprint density at radius 2 is 1.80 bits per heavy atom. The molecule has 4 aliphatic carbocycles. The molecule has 0 aromatic rings. The van der Waals surface area contributed by atoms with Crippen molar-refractivity contribution in [2.75, 3.05) is 13.6 Å². The van der Waals surface area contributed by atoms with Gasteiger partial charge in [-0.15, -0.1) is 0 Å². The van der Waals surface area contributed by atoms with Crippen molar-refractivity contribution in [3.63, 3.8) is 0 Å². The first-order valence-electron chi connectivity index (χ1n) is 12.4. The highest BCUT2D eigenvalue weighted by molar-refractivity contribution is 5.84. The summed E-state index contributed by atoms with van der Waals surface area (Å²) in [6.45, 7) is 10.9. The van der Waals surface area contributed by atoms with Crippen molar-refractivity contribution in [1.82, 2.24) is 4.90 Å². The molecule has 0 saturated heterocycles. The van der Waals surface area contributed by atoms with Gasteiger partial charge in [-0.05, 0) is 112 Å². The maximum Gasteiger partial charge on any atom is 0.155 e. The van der Waals surface area contributed by atoms with Gasteiger partial charge < -0.3 is 10.0 Å². The van der Waals surface area contributed by atoms with E-state index in [1.54, 1.807) is 0 Å². The molecular weight excluding hydrogens is 370 g/mol. The lowest BCUT2D eigenvalue weighted by atomic mass is 9.49. The normalized spacial score (nSPS) is 45.8. The van der Waals surface area contributed by atoms with Gasteiger partial charge in [0.1, 0.15) is 0 Å². The maximum absolute atomic E-state index is 13.3. The number of rotatable bonds is 5. The molecule has 4 aliphatic rings. The molecule has 3 nitrogen and oxygen atoms in total. The Hall–Kier alpha value is -1.09. The van der Waals surface area contributed by atoms with Gasteiger partial charge in [0, 0.05) is 19.2 Å². The summed E-state index contributed by atoms with van der Waals surface area (Å²) in [4.78, 5) is 15.4. The fraction of sp³-hybridized carbons (Fsp3) is 0.815. The number of hydrogen-bond donors (Lipinski definition) is 1. The van der Waals surface area contributed by atoms with Crippen molar-refractivity contribution in [1.29, 1.82) is 0 Å². The summed E-state index contributed by atoms with van der Waals surface area (Å²) in [5, 5.41) is 10.6. The van der Waals surface area contributed by atoms with Gasteiger partial charge in [0.15, 0.2) is 5.78 Å². The quantitative estimate of drug-likeness (QED) is 0.597. The highest BCUT2D eigenvalue weighted by Crippen LogP contribution is 2.64. The van der Waals surface area contributed by atoms with Crippen LogP contribution in [0.15, 0.2) is 24.4 Å². The summed E-state index contributed by atoms with van der Waals surface area (Å²) < 4.78 is 0. The third kappa shape index (κ3) is 3.92. The molecule has 0 amide bonds. The lowest BCUT2D eigenvalue weighted by Gasteiger charge is -2.56. The minimum Gasteiger partial charge on any atom is -0.390 e. The zero-order valence-corrected chi connectivity index (χ0v) is 19.7. The average Bonchev–Trinajstić information content (AvgIpc) is 3.03. The van der Waals surface area contributed by atoms with Crippen LogP contribution in [0.1, 0.15) is 78.6 Å². The Morgan fingerprint density at radius 1 is 1.07 bits per heavy atom. The highest BCUT2D eigenvalue weighted by atomic mass is 16.3. The van der Waals surface area contributed by atoms with Crippen LogP contribution in [-0.2, 0) is 4.79 Å². The number of carbonyl (C=O) groups excluding carboxylic acids is 1. The van der Waals surface area contributed by atoms with Crippen molar-refractivity contribution >= 4 is 5.78 Å². The zero-order valence-electron chi connectivity index (χ0n) is 19.7. The van der Waals surface area contributed by atoms with Crippen LogP contribution in [0.5, 0.6) is 0 Å². The van der Waals surface area contributed by atoms with E-state index >= 15 is 0 Å². The molecule has 4 fully saturated rings. The zero-order chi connectivity index (χ0) is 21.7. The number of aliphatic hydroxyl groups is 1. The first-order valence-corrected chi connectivity index (χ1v) is 12.4.